The molecular weight excluding hydrogens is 463 g/mol. The van der Waals surface area contributed by atoms with Gasteiger partial charge in [0, 0.05) is 31.5 Å². The van der Waals surface area contributed by atoms with E-state index in [1.807, 2.05) is 14.0 Å². The molecule has 1 aromatic heterocycles. The predicted octanol–water partition coefficient (Wildman–Crippen LogP) is 4.63. The highest BCUT2D eigenvalue weighted by Crippen LogP contribution is 2.30. The maximum absolute atomic E-state index is 13.3. The number of H-pyrrole nitrogens is 1. The number of aromatic amines is 1. The highest BCUT2D eigenvalue weighted by atomic mass is 79.9. The first kappa shape index (κ1) is 23.6. The van der Waals surface area contributed by atoms with Crippen LogP contribution in [0.4, 0.5) is 4.39 Å². The van der Waals surface area contributed by atoms with Crippen molar-refractivity contribution < 1.29 is 14.0 Å². The number of rotatable bonds is 11. The Labute approximate surface area is 191 Å². The molecular formula is C23H30BrFN4O2. The molecule has 0 saturated carbocycles. The molecule has 1 aliphatic rings. The number of hydrogen-bond acceptors (Lipinski definition) is 4. The number of Topliss-reactive ketones (excluding diaryl/α,β-unsaturated/α-hetero) is 1. The summed E-state index contributed by atoms with van der Waals surface area (Å²) < 4.78 is 13.9. The summed E-state index contributed by atoms with van der Waals surface area (Å²) in [7, 11) is 2.00. The van der Waals surface area contributed by atoms with E-state index in [4.69, 9.17) is 0 Å². The third kappa shape index (κ3) is 6.46. The van der Waals surface area contributed by atoms with Gasteiger partial charge in [-0.1, -0.05) is 19.8 Å². The van der Waals surface area contributed by atoms with E-state index in [9.17, 15) is 14.0 Å². The zero-order valence-electron chi connectivity index (χ0n) is 18.1. The van der Waals surface area contributed by atoms with E-state index in [2.05, 4.69) is 36.1 Å². The van der Waals surface area contributed by atoms with Gasteiger partial charge in [-0.15, -0.1) is 0 Å². The fourth-order valence-corrected chi connectivity index (χ4v) is 4.36. The largest absolute Gasteiger partial charge is 0.347 e. The van der Waals surface area contributed by atoms with Crippen LogP contribution in [0.5, 0.6) is 0 Å². The van der Waals surface area contributed by atoms with Crippen LogP contribution in [-0.2, 0) is 9.59 Å². The molecule has 2 N–H and O–H groups in total. The third-order valence-electron chi connectivity index (χ3n) is 5.75. The normalized spacial score (nSPS) is 15.5. The SMILES string of the molecule is CCC(=O)CCCCC[C@H](NC(=O)C1CN(C)C1)c1[nH]c(-c2ccc(F)cc2)nc1Br. The van der Waals surface area contributed by atoms with Crippen molar-refractivity contribution in [2.75, 3.05) is 20.1 Å². The molecule has 31 heavy (non-hydrogen) atoms. The lowest BCUT2D eigenvalue weighted by Crippen LogP contribution is -2.52. The second-order valence-corrected chi connectivity index (χ2v) is 9.02. The summed E-state index contributed by atoms with van der Waals surface area (Å²) in [5, 5.41) is 3.19. The minimum Gasteiger partial charge on any atom is -0.347 e. The number of amides is 1. The van der Waals surface area contributed by atoms with Crippen LogP contribution in [0.15, 0.2) is 28.9 Å². The molecule has 0 bridgehead atoms. The summed E-state index contributed by atoms with van der Waals surface area (Å²) in [4.78, 5) is 34.2. The Morgan fingerprint density at radius 3 is 2.61 bits per heavy atom. The topological polar surface area (TPSA) is 78.1 Å². The summed E-state index contributed by atoms with van der Waals surface area (Å²) in [5.41, 5.74) is 1.59. The molecule has 1 aliphatic heterocycles. The minimum absolute atomic E-state index is 0.00735. The number of carbonyl (C=O) groups excluding carboxylic acids is 2. The molecule has 3 rings (SSSR count). The van der Waals surface area contributed by atoms with Crippen LogP contribution in [-0.4, -0.2) is 46.7 Å². The monoisotopic (exact) mass is 492 g/mol. The average Bonchev–Trinajstić information content (AvgIpc) is 3.12. The number of hydrogen-bond donors (Lipinski definition) is 2. The van der Waals surface area contributed by atoms with Gasteiger partial charge >= 0.3 is 0 Å². The number of aromatic nitrogens is 2. The molecule has 1 fully saturated rings. The number of unbranched alkanes of at least 4 members (excludes halogenated alkanes) is 2. The lowest BCUT2D eigenvalue weighted by Gasteiger charge is -2.35. The third-order valence-corrected chi connectivity index (χ3v) is 6.35. The maximum atomic E-state index is 13.3. The van der Waals surface area contributed by atoms with Crippen molar-refractivity contribution in [2.24, 2.45) is 5.92 Å². The number of likely N-dealkylation sites (tertiary alicyclic amines) is 1. The molecule has 0 spiro atoms. The molecule has 0 radical (unpaired) electrons. The Kier molecular flexibility index (Phi) is 8.37. The van der Waals surface area contributed by atoms with Crippen LogP contribution >= 0.6 is 15.9 Å². The average molecular weight is 493 g/mol. The first-order chi connectivity index (χ1) is 14.9. The summed E-state index contributed by atoms with van der Waals surface area (Å²) in [6, 6.07) is 5.93. The molecule has 2 aromatic rings. The molecule has 1 saturated heterocycles. The van der Waals surface area contributed by atoms with Crippen LogP contribution in [0.1, 0.15) is 57.2 Å². The summed E-state index contributed by atoms with van der Waals surface area (Å²) in [6.45, 7) is 3.42. The molecule has 6 nitrogen and oxygen atoms in total. The molecule has 0 unspecified atom stereocenters. The maximum Gasteiger partial charge on any atom is 0.226 e. The second kappa shape index (κ2) is 11.0. The first-order valence-corrected chi connectivity index (χ1v) is 11.7. The van der Waals surface area contributed by atoms with Gasteiger partial charge in [0.15, 0.2) is 0 Å². The molecule has 1 atom stereocenters. The fraction of sp³-hybridized carbons (Fsp3) is 0.522. The van der Waals surface area contributed by atoms with Gasteiger partial charge in [-0.05, 0) is 60.1 Å². The molecule has 0 aliphatic carbocycles. The van der Waals surface area contributed by atoms with Crippen molar-refractivity contribution in [2.45, 2.75) is 51.5 Å². The van der Waals surface area contributed by atoms with Crippen molar-refractivity contribution in [3.05, 3.63) is 40.4 Å². The highest BCUT2D eigenvalue weighted by molar-refractivity contribution is 9.10. The lowest BCUT2D eigenvalue weighted by molar-refractivity contribution is -0.130. The van der Waals surface area contributed by atoms with Crippen LogP contribution in [0, 0.1) is 11.7 Å². The number of imidazole rings is 1. The lowest BCUT2D eigenvalue weighted by atomic mass is 9.98. The number of carbonyl (C=O) groups is 2. The summed E-state index contributed by atoms with van der Waals surface area (Å²) in [5.74, 6) is 0.672. The van der Waals surface area contributed by atoms with E-state index in [-0.39, 0.29) is 23.7 Å². The van der Waals surface area contributed by atoms with Gasteiger partial charge in [0.1, 0.15) is 22.0 Å². The van der Waals surface area contributed by atoms with E-state index < -0.39 is 0 Å². The van der Waals surface area contributed by atoms with E-state index in [1.54, 1.807) is 12.1 Å². The van der Waals surface area contributed by atoms with E-state index in [0.29, 0.717) is 29.1 Å². The molecule has 2 heterocycles. The van der Waals surface area contributed by atoms with Crippen molar-refractivity contribution in [3.8, 4) is 11.4 Å². The summed E-state index contributed by atoms with van der Waals surface area (Å²) >= 11 is 3.53. The Bertz CT molecular complexity index is 893. The standard InChI is InChI=1S/C23H30BrFN4O2/c1-3-18(30)7-5-4-6-8-19(26-23(31)16-13-29(2)14-16)20-21(24)28-22(27-20)15-9-11-17(25)12-10-15/h9-12,16,19H,3-8,13-14H2,1-2H3,(H,26,31)(H,27,28)/t19-/m0/s1. The Balaban J connectivity index is 1.69. The second-order valence-electron chi connectivity index (χ2n) is 8.27. The zero-order chi connectivity index (χ0) is 22.4. The number of nitrogens with zero attached hydrogens (tertiary/aromatic N) is 2. The van der Waals surface area contributed by atoms with Gasteiger partial charge < -0.3 is 15.2 Å². The molecule has 8 heteroatoms. The van der Waals surface area contributed by atoms with Gasteiger partial charge in [0.2, 0.25) is 5.91 Å². The Morgan fingerprint density at radius 1 is 1.26 bits per heavy atom. The van der Waals surface area contributed by atoms with Crippen LogP contribution in [0.25, 0.3) is 11.4 Å². The van der Waals surface area contributed by atoms with E-state index >= 15 is 0 Å². The molecule has 1 aromatic carbocycles. The zero-order valence-corrected chi connectivity index (χ0v) is 19.7. The van der Waals surface area contributed by atoms with E-state index in [0.717, 1.165) is 50.0 Å². The minimum atomic E-state index is -0.299. The van der Waals surface area contributed by atoms with Gasteiger partial charge in [-0.25, -0.2) is 9.37 Å². The van der Waals surface area contributed by atoms with Crippen LogP contribution < -0.4 is 5.32 Å². The smallest absolute Gasteiger partial charge is 0.226 e. The first-order valence-electron chi connectivity index (χ1n) is 10.9. The van der Waals surface area contributed by atoms with Gasteiger partial charge in [-0.3, -0.25) is 9.59 Å². The Morgan fingerprint density at radius 2 is 1.97 bits per heavy atom. The van der Waals surface area contributed by atoms with Crippen LogP contribution in [0.3, 0.4) is 0 Å². The van der Waals surface area contributed by atoms with Crippen molar-refractivity contribution >= 4 is 27.6 Å². The van der Waals surface area contributed by atoms with E-state index in [1.165, 1.54) is 12.1 Å². The molecule has 168 valence electrons. The van der Waals surface area contributed by atoms with Gasteiger partial charge in [-0.2, -0.15) is 0 Å². The summed E-state index contributed by atoms with van der Waals surface area (Å²) in [6.07, 6.45) is 4.64. The number of benzene rings is 1. The number of nitrogens with one attached hydrogen (secondary N) is 2. The Hall–Kier alpha value is -2.06. The van der Waals surface area contributed by atoms with Gasteiger partial charge in [0.05, 0.1) is 17.7 Å². The quantitative estimate of drug-likeness (QED) is 0.448. The van der Waals surface area contributed by atoms with Crippen LogP contribution in [0.2, 0.25) is 0 Å². The van der Waals surface area contributed by atoms with Crippen molar-refractivity contribution in [3.63, 3.8) is 0 Å². The number of ketones is 1. The predicted molar refractivity (Wildman–Crippen MR) is 122 cm³/mol. The van der Waals surface area contributed by atoms with Crippen molar-refractivity contribution in [1.29, 1.82) is 0 Å². The van der Waals surface area contributed by atoms with Gasteiger partial charge in [0.25, 0.3) is 0 Å². The highest BCUT2D eigenvalue weighted by Gasteiger charge is 2.32. The fourth-order valence-electron chi connectivity index (χ4n) is 3.81. The number of halogens is 2. The van der Waals surface area contributed by atoms with Crippen molar-refractivity contribution in [1.82, 2.24) is 20.2 Å². The molecule has 1 amide bonds.